The summed E-state index contributed by atoms with van der Waals surface area (Å²) in [5.41, 5.74) is 1.19. The molecule has 1 aliphatic carbocycles. The lowest BCUT2D eigenvalue weighted by Gasteiger charge is -2.18. The highest BCUT2D eigenvalue weighted by molar-refractivity contribution is 6.30. The van der Waals surface area contributed by atoms with Gasteiger partial charge in [0, 0.05) is 11.1 Å². The molecule has 1 aliphatic rings. The van der Waals surface area contributed by atoms with Crippen LogP contribution in [0.3, 0.4) is 0 Å². The van der Waals surface area contributed by atoms with Crippen LogP contribution in [0.25, 0.3) is 0 Å². The standard InChI is InChI=1S/C14H20ClNO/c1-9-6-12(9)13(16-2)8-10-7-11(15)4-5-14(10)17-3/h4-5,7,9,12-13,16H,6,8H2,1-3H3. The topological polar surface area (TPSA) is 21.3 Å². The Morgan fingerprint density at radius 1 is 1.53 bits per heavy atom. The third kappa shape index (κ3) is 2.93. The van der Waals surface area contributed by atoms with Crippen molar-refractivity contribution in [1.29, 1.82) is 0 Å². The Kier molecular flexibility index (Phi) is 3.95. The number of halogens is 1. The maximum atomic E-state index is 6.05. The van der Waals surface area contributed by atoms with Gasteiger partial charge in [-0.25, -0.2) is 0 Å². The number of hydrogen-bond donors (Lipinski definition) is 1. The van der Waals surface area contributed by atoms with Gasteiger partial charge in [0.15, 0.2) is 0 Å². The molecule has 0 radical (unpaired) electrons. The first-order valence-corrected chi connectivity index (χ1v) is 6.53. The Labute approximate surface area is 108 Å². The number of benzene rings is 1. The van der Waals surface area contributed by atoms with Crippen LogP contribution in [0.1, 0.15) is 18.9 Å². The number of hydrogen-bond acceptors (Lipinski definition) is 2. The first kappa shape index (κ1) is 12.7. The molecule has 0 saturated heterocycles. The molecule has 94 valence electrons. The van der Waals surface area contributed by atoms with Crippen molar-refractivity contribution < 1.29 is 4.74 Å². The van der Waals surface area contributed by atoms with E-state index in [-0.39, 0.29) is 0 Å². The summed E-state index contributed by atoms with van der Waals surface area (Å²) in [5.74, 6) is 2.57. The molecule has 1 fully saturated rings. The molecule has 2 rings (SSSR count). The van der Waals surface area contributed by atoms with Crippen molar-refractivity contribution in [3.05, 3.63) is 28.8 Å². The maximum absolute atomic E-state index is 6.05. The van der Waals surface area contributed by atoms with E-state index < -0.39 is 0 Å². The van der Waals surface area contributed by atoms with E-state index in [1.54, 1.807) is 7.11 Å². The lowest BCUT2D eigenvalue weighted by molar-refractivity contribution is 0.401. The number of rotatable bonds is 5. The lowest BCUT2D eigenvalue weighted by atomic mass is 10.0. The number of likely N-dealkylation sites (N-methyl/N-ethyl adjacent to an activating group) is 1. The molecule has 1 aromatic rings. The van der Waals surface area contributed by atoms with Gasteiger partial charge >= 0.3 is 0 Å². The predicted molar refractivity (Wildman–Crippen MR) is 71.8 cm³/mol. The zero-order chi connectivity index (χ0) is 12.4. The van der Waals surface area contributed by atoms with Gasteiger partial charge in [-0.2, -0.15) is 0 Å². The van der Waals surface area contributed by atoms with Crippen molar-refractivity contribution in [2.75, 3.05) is 14.2 Å². The predicted octanol–water partition coefficient (Wildman–Crippen LogP) is 3.14. The lowest BCUT2D eigenvalue weighted by Crippen LogP contribution is -2.30. The highest BCUT2D eigenvalue weighted by Crippen LogP contribution is 2.42. The molecule has 0 amide bonds. The molecule has 3 unspecified atom stereocenters. The summed E-state index contributed by atoms with van der Waals surface area (Å²) in [6.45, 7) is 2.31. The summed E-state index contributed by atoms with van der Waals surface area (Å²) in [6, 6.07) is 6.36. The molecule has 0 bridgehead atoms. The molecular weight excluding hydrogens is 234 g/mol. The Balaban J connectivity index is 2.13. The maximum Gasteiger partial charge on any atom is 0.122 e. The summed E-state index contributed by atoms with van der Waals surface area (Å²) in [7, 11) is 3.74. The van der Waals surface area contributed by atoms with E-state index in [0.29, 0.717) is 6.04 Å². The van der Waals surface area contributed by atoms with Crippen LogP contribution in [0.5, 0.6) is 5.75 Å². The monoisotopic (exact) mass is 253 g/mol. The van der Waals surface area contributed by atoms with Crippen LogP contribution in [0.2, 0.25) is 5.02 Å². The smallest absolute Gasteiger partial charge is 0.122 e. The fourth-order valence-electron chi connectivity index (χ4n) is 2.52. The average molecular weight is 254 g/mol. The van der Waals surface area contributed by atoms with Gasteiger partial charge in [-0.3, -0.25) is 0 Å². The molecule has 3 heteroatoms. The van der Waals surface area contributed by atoms with Crippen LogP contribution < -0.4 is 10.1 Å². The highest BCUT2D eigenvalue weighted by Gasteiger charge is 2.38. The Morgan fingerprint density at radius 2 is 2.24 bits per heavy atom. The zero-order valence-corrected chi connectivity index (χ0v) is 11.4. The number of methoxy groups -OCH3 is 1. The van der Waals surface area contributed by atoms with Gasteiger partial charge in [0.05, 0.1) is 7.11 Å². The largest absolute Gasteiger partial charge is 0.496 e. The fourth-order valence-corrected chi connectivity index (χ4v) is 2.72. The number of nitrogens with one attached hydrogen (secondary N) is 1. The van der Waals surface area contributed by atoms with Gasteiger partial charge in [0.1, 0.15) is 5.75 Å². The van der Waals surface area contributed by atoms with Crippen LogP contribution in [0, 0.1) is 11.8 Å². The van der Waals surface area contributed by atoms with Gasteiger partial charge in [0.2, 0.25) is 0 Å². The third-order valence-corrected chi connectivity index (χ3v) is 3.98. The molecule has 17 heavy (non-hydrogen) atoms. The van der Waals surface area contributed by atoms with Crippen molar-refractivity contribution >= 4 is 11.6 Å². The van der Waals surface area contributed by atoms with E-state index in [1.165, 1.54) is 12.0 Å². The van der Waals surface area contributed by atoms with Gasteiger partial charge in [-0.15, -0.1) is 0 Å². The minimum atomic E-state index is 0.525. The van der Waals surface area contributed by atoms with Crippen molar-refractivity contribution in [3.8, 4) is 5.75 Å². The van der Waals surface area contributed by atoms with Crippen LogP contribution >= 0.6 is 11.6 Å². The minimum Gasteiger partial charge on any atom is -0.496 e. The molecule has 1 N–H and O–H groups in total. The molecule has 0 aliphatic heterocycles. The molecular formula is C14H20ClNO. The summed E-state index contributed by atoms with van der Waals surface area (Å²) >= 11 is 6.05. The summed E-state index contributed by atoms with van der Waals surface area (Å²) in [4.78, 5) is 0. The summed E-state index contributed by atoms with van der Waals surface area (Å²) in [5, 5.41) is 4.19. The molecule has 1 saturated carbocycles. The van der Waals surface area contributed by atoms with Gasteiger partial charge in [-0.1, -0.05) is 18.5 Å². The van der Waals surface area contributed by atoms with E-state index in [0.717, 1.165) is 29.0 Å². The molecule has 0 heterocycles. The second-order valence-electron chi connectivity index (χ2n) is 4.93. The summed E-state index contributed by atoms with van der Waals surface area (Å²) < 4.78 is 5.39. The first-order valence-electron chi connectivity index (χ1n) is 6.15. The van der Waals surface area contributed by atoms with Crippen molar-refractivity contribution in [2.45, 2.75) is 25.8 Å². The highest BCUT2D eigenvalue weighted by atomic mass is 35.5. The van der Waals surface area contributed by atoms with Crippen LogP contribution in [0.4, 0.5) is 0 Å². The van der Waals surface area contributed by atoms with Gasteiger partial charge in [-0.05, 0) is 55.5 Å². The molecule has 0 spiro atoms. The van der Waals surface area contributed by atoms with Crippen molar-refractivity contribution in [3.63, 3.8) is 0 Å². The quantitative estimate of drug-likeness (QED) is 0.871. The number of ether oxygens (including phenoxy) is 1. The molecule has 1 aromatic carbocycles. The Hall–Kier alpha value is -0.730. The van der Waals surface area contributed by atoms with Crippen LogP contribution in [0.15, 0.2) is 18.2 Å². The van der Waals surface area contributed by atoms with E-state index in [4.69, 9.17) is 16.3 Å². The third-order valence-electron chi connectivity index (χ3n) is 3.74. The van der Waals surface area contributed by atoms with Crippen molar-refractivity contribution in [2.24, 2.45) is 11.8 Å². The SMILES string of the molecule is CNC(Cc1cc(Cl)ccc1OC)C1CC1C. The Morgan fingerprint density at radius 3 is 2.76 bits per heavy atom. The van der Waals surface area contributed by atoms with E-state index >= 15 is 0 Å². The van der Waals surface area contributed by atoms with Crippen molar-refractivity contribution in [1.82, 2.24) is 5.32 Å². The first-order chi connectivity index (χ1) is 8.15. The second-order valence-corrected chi connectivity index (χ2v) is 5.37. The Bertz CT molecular complexity index is 394. The average Bonchev–Trinajstić information content (AvgIpc) is 3.03. The second kappa shape index (κ2) is 5.28. The fraction of sp³-hybridized carbons (Fsp3) is 0.571. The molecule has 3 atom stereocenters. The molecule has 0 aromatic heterocycles. The van der Waals surface area contributed by atoms with Crippen LogP contribution in [-0.2, 0) is 6.42 Å². The van der Waals surface area contributed by atoms with E-state index in [1.807, 2.05) is 25.2 Å². The van der Waals surface area contributed by atoms with E-state index in [2.05, 4.69) is 12.2 Å². The van der Waals surface area contributed by atoms with Crippen LogP contribution in [-0.4, -0.2) is 20.2 Å². The van der Waals surface area contributed by atoms with E-state index in [9.17, 15) is 0 Å². The normalized spacial score (nSPS) is 24.5. The minimum absolute atomic E-state index is 0.525. The summed E-state index contributed by atoms with van der Waals surface area (Å²) in [6.07, 6.45) is 2.31. The molecule has 2 nitrogen and oxygen atoms in total. The van der Waals surface area contributed by atoms with Gasteiger partial charge < -0.3 is 10.1 Å². The van der Waals surface area contributed by atoms with Gasteiger partial charge in [0.25, 0.3) is 0 Å². The zero-order valence-electron chi connectivity index (χ0n) is 10.7.